The van der Waals surface area contributed by atoms with Gasteiger partial charge in [-0.1, -0.05) is 17.9 Å². The van der Waals surface area contributed by atoms with Crippen LogP contribution in [0.2, 0.25) is 0 Å². The number of benzene rings is 1. The average Bonchev–Trinajstić information content (AvgIpc) is 2.34. The lowest BCUT2D eigenvalue weighted by Crippen LogP contribution is -2.40. The summed E-state index contributed by atoms with van der Waals surface area (Å²) in [5.74, 6) is 5.25. The van der Waals surface area contributed by atoms with E-state index < -0.39 is 5.60 Å². The van der Waals surface area contributed by atoms with Gasteiger partial charge in [0.15, 0.2) is 0 Å². The molecule has 1 aromatic carbocycles. The lowest BCUT2D eigenvalue weighted by molar-refractivity contribution is 0.0367. The molecule has 4 nitrogen and oxygen atoms in total. The molecule has 108 valence electrons. The number of hydrogen-bond donors (Lipinski definition) is 2. The molecule has 20 heavy (non-hydrogen) atoms. The first kappa shape index (κ1) is 16.2. The van der Waals surface area contributed by atoms with Crippen LogP contribution in [0.1, 0.15) is 35.3 Å². The number of nitrogens with zero attached hydrogens (tertiary/aromatic N) is 1. The third kappa shape index (κ3) is 4.37. The van der Waals surface area contributed by atoms with E-state index in [2.05, 4.69) is 11.8 Å². The summed E-state index contributed by atoms with van der Waals surface area (Å²) in [5.41, 5.74) is 1.12. The summed E-state index contributed by atoms with van der Waals surface area (Å²) in [6.07, 6.45) is 0. The maximum Gasteiger partial charge on any atom is 0.254 e. The number of aliphatic hydroxyl groups excluding tert-OH is 1. The van der Waals surface area contributed by atoms with Crippen molar-refractivity contribution < 1.29 is 15.0 Å². The third-order valence-corrected chi connectivity index (χ3v) is 2.84. The first-order valence-electron chi connectivity index (χ1n) is 6.43. The maximum absolute atomic E-state index is 12.4. The number of amides is 1. The van der Waals surface area contributed by atoms with Crippen LogP contribution in [-0.2, 0) is 0 Å². The Bertz CT molecular complexity index is 547. The number of aliphatic hydroxyl groups is 2. The zero-order valence-electron chi connectivity index (χ0n) is 12.4. The molecule has 0 bridgehead atoms. The molecular formula is C16H21NO3. The van der Waals surface area contributed by atoms with Crippen molar-refractivity contribution in [2.75, 3.05) is 20.2 Å². The van der Waals surface area contributed by atoms with Crippen LogP contribution in [0.25, 0.3) is 0 Å². The van der Waals surface area contributed by atoms with Gasteiger partial charge in [-0.2, -0.15) is 0 Å². The zero-order chi connectivity index (χ0) is 15.3. The van der Waals surface area contributed by atoms with Gasteiger partial charge in [0.25, 0.3) is 5.91 Å². The normalized spacial score (nSPS) is 10.7. The summed E-state index contributed by atoms with van der Waals surface area (Å²) in [6, 6.07) is 5.31. The van der Waals surface area contributed by atoms with Gasteiger partial charge in [0, 0.05) is 24.7 Å². The molecule has 0 aromatic heterocycles. The molecule has 0 unspecified atom stereocenters. The molecule has 0 radical (unpaired) electrons. The molecule has 0 saturated carbocycles. The van der Waals surface area contributed by atoms with Crippen LogP contribution in [0.5, 0.6) is 0 Å². The number of hydrogen-bond acceptors (Lipinski definition) is 3. The Morgan fingerprint density at radius 1 is 1.40 bits per heavy atom. The van der Waals surface area contributed by atoms with Gasteiger partial charge in [0.2, 0.25) is 0 Å². The maximum atomic E-state index is 12.4. The van der Waals surface area contributed by atoms with Crippen molar-refractivity contribution in [1.29, 1.82) is 0 Å². The van der Waals surface area contributed by atoms with Crippen molar-refractivity contribution >= 4 is 5.91 Å². The van der Waals surface area contributed by atoms with Gasteiger partial charge in [0.05, 0.1) is 5.60 Å². The third-order valence-electron chi connectivity index (χ3n) is 2.84. The summed E-state index contributed by atoms with van der Waals surface area (Å²) in [4.78, 5) is 13.9. The van der Waals surface area contributed by atoms with Crippen LogP contribution in [0.15, 0.2) is 18.2 Å². The number of carbonyl (C=O) groups is 1. The molecule has 0 saturated heterocycles. The monoisotopic (exact) mass is 275 g/mol. The molecule has 0 atom stereocenters. The van der Waals surface area contributed by atoms with Gasteiger partial charge in [-0.05, 0) is 38.5 Å². The molecule has 1 aromatic rings. The number of rotatable bonds is 3. The van der Waals surface area contributed by atoms with E-state index in [1.807, 2.05) is 13.0 Å². The zero-order valence-corrected chi connectivity index (χ0v) is 12.4. The standard InChI is InChI=1S/C16H21NO3/c1-12-13(8-6-10-18)7-5-9-14(12)15(19)17(4)11-16(2,3)20/h5,7,9,18,20H,10-11H2,1-4H3. The van der Waals surface area contributed by atoms with Crippen LogP contribution in [0, 0.1) is 18.8 Å². The fourth-order valence-electron chi connectivity index (χ4n) is 2.00. The van der Waals surface area contributed by atoms with Crippen LogP contribution in [0.3, 0.4) is 0 Å². The van der Waals surface area contributed by atoms with Crippen LogP contribution < -0.4 is 0 Å². The van der Waals surface area contributed by atoms with Gasteiger partial charge in [0.1, 0.15) is 6.61 Å². The van der Waals surface area contributed by atoms with Crippen molar-refractivity contribution in [1.82, 2.24) is 4.90 Å². The topological polar surface area (TPSA) is 60.8 Å². The minimum Gasteiger partial charge on any atom is -0.389 e. The highest BCUT2D eigenvalue weighted by atomic mass is 16.3. The minimum atomic E-state index is -0.938. The lowest BCUT2D eigenvalue weighted by atomic mass is 10.0. The summed E-state index contributed by atoms with van der Waals surface area (Å²) in [7, 11) is 1.66. The Balaban J connectivity index is 3.05. The van der Waals surface area contributed by atoms with E-state index >= 15 is 0 Å². The molecule has 1 amide bonds. The first-order chi connectivity index (χ1) is 9.26. The highest BCUT2D eigenvalue weighted by Gasteiger charge is 2.21. The fraction of sp³-hybridized carbons (Fsp3) is 0.438. The molecule has 0 aliphatic heterocycles. The molecule has 0 aliphatic rings. The smallest absolute Gasteiger partial charge is 0.254 e. The highest BCUT2D eigenvalue weighted by Crippen LogP contribution is 2.16. The summed E-state index contributed by atoms with van der Waals surface area (Å²) >= 11 is 0. The Labute approximate surface area is 120 Å². The SMILES string of the molecule is Cc1c(C#CCO)cccc1C(=O)N(C)CC(C)(C)O. The van der Waals surface area contributed by atoms with Gasteiger partial charge >= 0.3 is 0 Å². The Morgan fingerprint density at radius 3 is 2.60 bits per heavy atom. The largest absolute Gasteiger partial charge is 0.389 e. The minimum absolute atomic E-state index is 0.155. The molecule has 0 aliphatic carbocycles. The molecule has 2 N–H and O–H groups in total. The number of likely N-dealkylation sites (N-methyl/N-ethyl adjacent to an activating group) is 1. The van der Waals surface area contributed by atoms with Gasteiger partial charge < -0.3 is 15.1 Å². The van der Waals surface area contributed by atoms with Crippen molar-refractivity contribution in [2.24, 2.45) is 0 Å². The second kappa shape index (κ2) is 6.56. The Morgan fingerprint density at radius 2 is 2.05 bits per heavy atom. The van der Waals surface area contributed by atoms with Crippen LogP contribution in [0.4, 0.5) is 0 Å². The molecule has 0 heterocycles. The summed E-state index contributed by atoms with van der Waals surface area (Å²) in [6.45, 7) is 5.18. The Hall–Kier alpha value is -1.83. The van der Waals surface area contributed by atoms with Crippen molar-refractivity contribution in [3.05, 3.63) is 34.9 Å². The quantitative estimate of drug-likeness (QED) is 0.814. The van der Waals surface area contributed by atoms with Gasteiger partial charge in [-0.3, -0.25) is 4.79 Å². The van der Waals surface area contributed by atoms with Crippen molar-refractivity contribution in [3.63, 3.8) is 0 Å². The lowest BCUT2D eigenvalue weighted by Gasteiger charge is -2.26. The van der Waals surface area contributed by atoms with E-state index in [0.717, 1.165) is 11.1 Å². The second-order valence-electron chi connectivity index (χ2n) is 5.41. The van der Waals surface area contributed by atoms with Crippen LogP contribution >= 0.6 is 0 Å². The van der Waals surface area contributed by atoms with Gasteiger partial charge in [-0.25, -0.2) is 0 Å². The molecule has 0 spiro atoms. The highest BCUT2D eigenvalue weighted by molar-refractivity contribution is 5.96. The van der Waals surface area contributed by atoms with E-state index in [4.69, 9.17) is 5.11 Å². The van der Waals surface area contributed by atoms with Crippen LogP contribution in [-0.4, -0.2) is 46.8 Å². The molecular weight excluding hydrogens is 254 g/mol. The molecule has 4 heteroatoms. The van der Waals surface area contributed by atoms with Crippen molar-refractivity contribution in [2.45, 2.75) is 26.4 Å². The summed E-state index contributed by atoms with van der Waals surface area (Å²) in [5, 5.41) is 18.5. The van der Waals surface area contributed by atoms with E-state index in [9.17, 15) is 9.90 Å². The number of carbonyl (C=O) groups excluding carboxylic acids is 1. The van der Waals surface area contributed by atoms with E-state index in [1.165, 1.54) is 4.90 Å². The fourth-order valence-corrected chi connectivity index (χ4v) is 2.00. The van der Waals surface area contributed by atoms with E-state index in [-0.39, 0.29) is 19.1 Å². The summed E-state index contributed by atoms with van der Waals surface area (Å²) < 4.78 is 0. The average molecular weight is 275 g/mol. The molecule has 0 fully saturated rings. The Kier molecular flexibility index (Phi) is 5.32. The van der Waals surface area contributed by atoms with Crippen molar-refractivity contribution in [3.8, 4) is 11.8 Å². The second-order valence-corrected chi connectivity index (χ2v) is 5.41. The predicted molar refractivity (Wildman–Crippen MR) is 78.4 cm³/mol. The van der Waals surface area contributed by atoms with Gasteiger partial charge in [-0.15, -0.1) is 0 Å². The predicted octanol–water partition coefficient (Wildman–Crippen LogP) is 1.18. The van der Waals surface area contributed by atoms with E-state index in [0.29, 0.717) is 5.56 Å². The first-order valence-corrected chi connectivity index (χ1v) is 6.43. The molecule has 1 rings (SSSR count). The van der Waals surface area contributed by atoms with E-state index in [1.54, 1.807) is 33.0 Å².